The lowest BCUT2D eigenvalue weighted by atomic mass is 9.90. The molecule has 2 aromatic carbocycles. The first-order chi connectivity index (χ1) is 15.0. The van der Waals surface area contributed by atoms with Crippen molar-refractivity contribution in [3.05, 3.63) is 59.2 Å². The van der Waals surface area contributed by atoms with Gasteiger partial charge in [-0.1, -0.05) is 0 Å². The van der Waals surface area contributed by atoms with Gasteiger partial charge < -0.3 is 20.5 Å². The number of hydrogen-bond donors (Lipinski definition) is 4. The minimum absolute atomic E-state index is 0.0166. The van der Waals surface area contributed by atoms with Crippen molar-refractivity contribution in [2.24, 2.45) is 4.99 Å². The number of carbonyl (C=O) groups excluding carboxylic acids is 1. The number of benzene rings is 2. The highest BCUT2D eigenvalue weighted by Gasteiger charge is 2.37. The van der Waals surface area contributed by atoms with E-state index >= 15 is 0 Å². The summed E-state index contributed by atoms with van der Waals surface area (Å²) in [5, 5.41) is 14.3. The van der Waals surface area contributed by atoms with Crippen molar-refractivity contribution < 1.29 is 28.3 Å². The number of rotatable bonds is 6. The van der Waals surface area contributed by atoms with E-state index in [4.69, 9.17) is 14.7 Å². The molecule has 10 heteroatoms. The minimum Gasteiger partial charge on any atom is -0.493 e. The van der Waals surface area contributed by atoms with Gasteiger partial charge in [0.25, 0.3) is 0 Å². The van der Waals surface area contributed by atoms with Gasteiger partial charge in [-0.25, -0.2) is 13.6 Å². The van der Waals surface area contributed by atoms with Crippen LogP contribution in [-0.4, -0.2) is 49.4 Å². The minimum atomic E-state index is -0.714. The summed E-state index contributed by atoms with van der Waals surface area (Å²) in [6, 6.07) is 7.15. The van der Waals surface area contributed by atoms with Crippen molar-refractivity contribution in [1.82, 2.24) is 10.8 Å². The van der Waals surface area contributed by atoms with Gasteiger partial charge in [-0.05, 0) is 41.5 Å². The summed E-state index contributed by atoms with van der Waals surface area (Å²) in [5.74, 6) is -0.501. The average molecular weight is 432 g/mol. The van der Waals surface area contributed by atoms with Crippen molar-refractivity contribution in [1.29, 1.82) is 0 Å². The Morgan fingerprint density at radius 3 is 2.84 bits per heavy atom. The molecule has 2 aliphatic heterocycles. The third-order valence-electron chi connectivity index (χ3n) is 5.12. The Bertz CT molecular complexity index is 984. The Kier molecular flexibility index (Phi) is 6.28. The van der Waals surface area contributed by atoms with E-state index in [2.05, 4.69) is 21.1 Å². The fraction of sp³-hybridized carbons (Fsp3) is 0.333. The summed E-state index contributed by atoms with van der Waals surface area (Å²) in [5.41, 5.74) is 4.35. The number of hydroxylamine groups is 1. The van der Waals surface area contributed by atoms with Gasteiger partial charge in [0.2, 0.25) is 0 Å². The molecule has 164 valence electrons. The first-order valence-corrected chi connectivity index (χ1v) is 9.86. The number of carbonyl (C=O) groups is 1. The molecule has 2 atom stereocenters. The number of fused-ring (bicyclic) bond motifs is 1. The molecule has 4 N–H and O–H groups in total. The fourth-order valence-electron chi connectivity index (χ4n) is 3.65. The van der Waals surface area contributed by atoms with E-state index in [0.717, 1.165) is 5.56 Å². The van der Waals surface area contributed by atoms with Crippen LogP contribution in [-0.2, 0) is 11.3 Å². The molecule has 0 aromatic heterocycles. The molecule has 2 aromatic rings. The number of aliphatic hydroxyl groups is 1. The lowest BCUT2D eigenvalue weighted by Crippen LogP contribution is -2.49. The Morgan fingerprint density at radius 1 is 1.26 bits per heavy atom. The predicted octanol–water partition coefficient (Wildman–Crippen LogP) is 2.10. The molecular formula is C21H22F2N4O4. The Morgan fingerprint density at radius 2 is 2.06 bits per heavy atom. The van der Waals surface area contributed by atoms with E-state index in [-0.39, 0.29) is 19.8 Å². The SMILES string of the molecule is O=C(Nc1ccc(F)cc1)NC1C(NOCCO)=NCC1c1cc2c(cc1F)OCC2. The smallest absolute Gasteiger partial charge is 0.319 e. The van der Waals surface area contributed by atoms with Gasteiger partial charge in [0, 0.05) is 24.1 Å². The van der Waals surface area contributed by atoms with Crippen LogP contribution in [0.5, 0.6) is 5.75 Å². The maximum atomic E-state index is 14.8. The highest BCUT2D eigenvalue weighted by atomic mass is 19.1. The molecule has 2 unspecified atom stereocenters. The molecular weight excluding hydrogens is 410 g/mol. The van der Waals surface area contributed by atoms with E-state index in [1.54, 1.807) is 6.07 Å². The number of ether oxygens (including phenoxy) is 1. The summed E-state index contributed by atoms with van der Waals surface area (Å²) >= 11 is 0. The second kappa shape index (κ2) is 9.27. The number of aliphatic imine (C=N–C) groups is 1. The standard InChI is InChI=1S/C21H22F2N4O4/c22-13-1-3-14(4-2-13)25-21(29)26-19-16(11-24-20(19)27-31-8-6-28)15-9-12-5-7-30-18(12)10-17(15)23/h1-4,9-10,16,19,28H,5-8,11H2,(H,24,27)(H2,25,26,29). The van der Waals surface area contributed by atoms with E-state index in [1.165, 1.54) is 30.3 Å². The largest absolute Gasteiger partial charge is 0.493 e. The van der Waals surface area contributed by atoms with Crippen LogP contribution in [0.3, 0.4) is 0 Å². The molecule has 0 aliphatic carbocycles. The second-order valence-corrected chi connectivity index (χ2v) is 7.17. The molecule has 0 radical (unpaired) electrons. The van der Waals surface area contributed by atoms with Crippen LogP contribution in [0.2, 0.25) is 0 Å². The molecule has 8 nitrogen and oxygen atoms in total. The molecule has 0 spiro atoms. The van der Waals surface area contributed by atoms with Gasteiger partial charge in [0.1, 0.15) is 23.2 Å². The van der Waals surface area contributed by atoms with Gasteiger partial charge in [0.05, 0.1) is 32.4 Å². The maximum absolute atomic E-state index is 14.8. The Balaban J connectivity index is 1.53. The van der Waals surface area contributed by atoms with Gasteiger partial charge in [-0.3, -0.25) is 15.3 Å². The normalized spacial score (nSPS) is 19.4. The zero-order valence-corrected chi connectivity index (χ0v) is 16.5. The number of amides is 2. The summed E-state index contributed by atoms with van der Waals surface area (Å²) in [7, 11) is 0. The van der Waals surface area contributed by atoms with Crippen LogP contribution in [0.15, 0.2) is 41.4 Å². The van der Waals surface area contributed by atoms with Crippen molar-refractivity contribution >= 4 is 17.6 Å². The van der Waals surface area contributed by atoms with Gasteiger partial charge in [-0.2, -0.15) is 0 Å². The van der Waals surface area contributed by atoms with E-state index in [0.29, 0.717) is 35.9 Å². The monoisotopic (exact) mass is 432 g/mol. The van der Waals surface area contributed by atoms with Crippen LogP contribution >= 0.6 is 0 Å². The quantitative estimate of drug-likeness (QED) is 0.414. The van der Waals surface area contributed by atoms with Crippen molar-refractivity contribution in [3.63, 3.8) is 0 Å². The van der Waals surface area contributed by atoms with Crippen LogP contribution in [0.1, 0.15) is 17.0 Å². The molecule has 2 aliphatic rings. The number of anilines is 1. The number of amidine groups is 1. The topological polar surface area (TPSA) is 104 Å². The van der Waals surface area contributed by atoms with Crippen molar-refractivity contribution in [2.45, 2.75) is 18.4 Å². The molecule has 2 heterocycles. The summed E-state index contributed by atoms with van der Waals surface area (Å²) in [6.07, 6.45) is 0.685. The predicted molar refractivity (Wildman–Crippen MR) is 109 cm³/mol. The first-order valence-electron chi connectivity index (χ1n) is 9.86. The molecule has 31 heavy (non-hydrogen) atoms. The highest BCUT2D eigenvalue weighted by molar-refractivity contribution is 5.96. The number of hydrogen-bond acceptors (Lipinski definition) is 6. The number of nitrogens with zero attached hydrogens (tertiary/aromatic N) is 1. The highest BCUT2D eigenvalue weighted by Crippen LogP contribution is 2.34. The van der Waals surface area contributed by atoms with Crippen molar-refractivity contribution in [3.8, 4) is 5.75 Å². The zero-order valence-electron chi connectivity index (χ0n) is 16.5. The summed E-state index contributed by atoms with van der Waals surface area (Å²) in [4.78, 5) is 22.1. The first kappa shape index (κ1) is 21.0. The number of nitrogens with one attached hydrogen (secondary N) is 3. The number of urea groups is 1. The molecule has 2 amide bonds. The van der Waals surface area contributed by atoms with Gasteiger partial charge >= 0.3 is 6.03 Å². The molecule has 0 fully saturated rings. The van der Waals surface area contributed by atoms with Crippen LogP contribution in [0, 0.1) is 11.6 Å². The molecule has 0 saturated heterocycles. The molecule has 4 rings (SSSR count). The van der Waals surface area contributed by atoms with Gasteiger partial charge in [0.15, 0.2) is 0 Å². The summed E-state index contributed by atoms with van der Waals surface area (Å²) < 4.78 is 33.4. The third kappa shape index (κ3) is 4.75. The number of halogens is 2. The zero-order chi connectivity index (χ0) is 21.8. The molecule has 0 bridgehead atoms. The third-order valence-corrected chi connectivity index (χ3v) is 5.12. The van der Waals surface area contributed by atoms with Crippen LogP contribution in [0.4, 0.5) is 19.3 Å². The molecule has 0 saturated carbocycles. The maximum Gasteiger partial charge on any atom is 0.319 e. The lowest BCUT2D eigenvalue weighted by Gasteiger charge is -2.24. The van der Waals surface area contributed by atoms with Crippen LogP contribution < -0.4 is 20.9 Å². The van der Waals surface area contributed by atoms with E-state index < -0.39 is 29.6 Å². The van der Waals surface area contributed by atoms with E-state index in [9.17, 15) is 13.6 Å². The van der Waals surface area contributed by atoms with E-state index in [1.807, 2.05) is 0 Å². The Labute approximate surface area is 177 Å². The fourth-order valence-corrected chi connectivity index (χ4v) is 3.65. The average Bonchev–Trinajstić information content (AvgIpc) is 3.36. The van der Waals surface area contributed by atoms with Crippen LogP contribution in [0.25, 0.3) is 0 Å². The Hall–Kier alpha value is -3.24. The van der Waals surface area contributed by atoms with Crippen molar-refractivity contribution in [2.75, 3.05) is 31.7 Å². The second-order valence-electron chi connectivity index (χ2n) is 7.17. The summed E-state index contributed by atoms with van der Waals surface area (Å²) in [6.45, 7) is 0.543. The lowest BCUT2D eigenvalue weighted by molar-refractivity contribution is 0.0517. The number of aliphatic hydroxyl groups excluding tert-OH is 1. The van der Waals surface area contributed by atoms with Gasteiger partial charge in [-0.15, -0.1) is 0 Å².